The quantitative estimate of drug-likeness (QED) is 0.0407. The van der Waals surface area contributed by atoms with Crippen molar-refractivity contribution in [2.75, 3.05) is 54.1 Å². The highest BCUT2D eigenvalue weighted by atomic mass is 79.9. The summed E-state index contributed by atoms with van der Waals surface area (Å²) in [5.74, 6) is -0.780. The predicted molar refractivity (Wildman–Crippen MR) is 488 cm³/mol. The minimum atomic E-state index is -1.35. The maximum atomic E-state index is 14.6. The number of carboxylic acids is 1. The van der Waals surface area contributed by atoms with Crippen LogP contribution in [0.3, 0.4) is 0 Å². The summed E-state index contributed by atoms with van der Waals surface area (Å²) in [6.07, 6.45) is 9.05. The number of anilines is 1. The van der Waals surface area contributed by atoms with Gasteiger partial charge in [-0.05, 0) is 182 Å². The zero-order valence-electron chi connectivity index (χ0n) is 64.7. The van der Waals surface area contributed by atoms with Crippen molar-refractivity contribution in [2.24, 2.45) is 0 Å². The van der Waals surface area contributed by atoms with Gasteiger partial charge in [0, 0.05) is 259 Å². The number of rotatable bonds is 20. The SMILES string of the molecule is CC(=O)c1nn(CC(=O)N2C[C@H](F)C[C@H]2C(=O)Nc2cccc(Br)n2)c2cc(CN(C)C)c(-c3cnc(C)nc3)cc12.CC(=O)c1nn(CC(=O)O)c2cc(CN(C)C)c(-c3cnc(C)nc3)cc12.CC(=O)c1nn(CC(=O)OC(C)(C)C)c2cc(CN(C)C)c(-c3cnc(C)nc3)cc12.S=S=S=S=S=S=S.S=S=S=S=S=S=S=S. The van der Waals surface area contributed by atoms with Crippen LogP contribution in [-0.4, -0.2) is 197 Å². The number of pyridine rings is 1. The molecular weight excluding hydrogens is 1830 g/mol. The number of ether oxygens (including phenoxy) is 1. The van der Waals surface area contributed by atoms with Gasteiger partial charge >= 0.3 is 11.9 Å². The lowest BCUT2D eigenvalue weighted by atomic mass is 9.98. The van der Waals surface area contributed by atoms with Gasteiger partial charge in [0.2, 0.25) is 11.8 Å². The first-order valence-corrected chi connectivity index (χ1v) is 52.2. The number of hydrogen-bond acceptors (Lipinski definition) is 25. The number of fused-ring (bicyclic) bond motifs is 3. The number of carbonyl (C=O) groups excluding carboxylic acids is 6. The van der Waals surface area contributed by atoms with E-state index >= 15 is 0 Å². The lowest BCUT2D eigenvalue weighted by Crippen LogP contribution is -2.44. The molecule has 8 heterocycles. The van der Waals surface area contributed by atoms with Crippen LogP contribution >= 0.6 is 15.9 Å². The van der Waals surface area contributed by atoms with Gasteiger partial charge in [-0.1, -0.05) is 6.07 Å². The van der Waals surface area contributed by atoms with Crippen LogP contribution in [0.2, 0.25) is 0 Å². The van der Waals surface area contributed by atoms with Crippen LogP contribution in [0.5, 0.6) is 0 Å². The molecule has 1 saturated heterocycles. The molecule has 0 unspecified atom stereocenters. The number of amides is 2. The van der Waals surface area contributed by atoms with E-state index in [1.54, 1.807) is 129 Å². The first-order chi connectivity index (χ1) is 54.5. The Morgan fingerprint density at radius 2 is 0.896 bits per heavy atom. The number of nitrogens with zero attached hydrogens (tertiary/aromatic N) is 17. The molecule has 27 nitrogen and oxygen atoms in total. The second-order valence-electron chi connectivity index (χ2n) is 27.0. The third-order valence-corrected chi connectivity index (χ3v) is 36.5. The number of benzene rings is 3. The number of carboxylic acid groups (broad SMARTS) is 1. The highest BCUT2D eigenvalue weighted by Crippen LogP contribution is 2.36. The minimum absolute atomic E-state index is 0.0740. The van der Waals surface area contributed by atoms with Crippen molar-refractivity contribution in [2.45, 2.75) is 126 Å². The Hall–Kier alpha value is -7.06. The smallest absolute Gasteiger partial charge is 0.328 e. The van der Waals surface area contributed by atoms with Crippen molar-refractivity contribution < 1.29 is 47.8 Å². The molecule has 2 N–H and O–H groups in total. The number of Topliss-reactive ketones (excluding diaryl/α,β-unsaturated/α-hetero) is 3. The van der Waals surface area contributed by atoms with Crippen LogP contribution in [0.4, 0.5) is 10.2 Å². The lowest BCUT2D eigenvalue weighted by molar-refractivity contribution is -0.155. The number of aliphatic carboxylic acids is 1. The first kappa shape index (κ1) is 95.1. The zero-order valence-corrected chi connectivity index (χ0v) is 78.5. The van der Waals surface area contributed by atoms with Gasteiger partial charge in [0.1, 0.15) is 82.4 Å². The number of nitrogens with one attached hydrogen (secondary N) is 1. The summed E-state index contributed by atoms with van der Waals surface area (Å²) in [4.78, 5) is 125. The number of aryl methyl sites for hydroxylation is 3. The average molecular weight is 1910 g/mol. The van der Waals surface area contributed by atoms with Crippen molar-refractivity contribution in [3.05, 3.63) is 148 Å². The number of ketones is 3. The molecule has 0 bridgehead atoms. The van der Waals surface area contributed by atoms with E-state index < -0.39 is 41.6 Å². The van der Waals surface area contributed by atoms with E-state index in [1.807, 2.05) is 123 Å². The molecule has 1 aliphatic heterocycles. The molecule has 2 atom stereocenters. The molecule has 44 heteroatoms. The summed E-state index contributed by atoms with van der Waals surface area (Å²) < 4.78 is 24.9. The molecule has 11 rings (SSSR count). The van der Waals surface area contributed by atoms with E-state index in [-0.39, 0.29) is 67.2 Å². The average Bonchev–Trinajstić information content (AvgIpc) is 1.64. The van der Waals surface area contributed by atoms with Gasteiger partial charge in [-0.15, -0.1) is 0 Å². The Kier molecular flexibility index (Phi) is 37.8. The second kappa shape index (κ2) is 45.8. The van der Waals surface area contributed by atoms with Gasteiger partial charge in [0.05, 0.1) is 23.1 Å². The molecule has 7 aromatic heterocycles. The van der Waals surface area contributed by atoms with E-state index in [4.69, 9.17) is 4.74 Å². The van der Waals surface area contributed by atoms with E-state index in [2.05, 4.69) is 121 Å². The fourth-order valence-electron chi connectivity index (χ4n) is 11.7. The second-order valence-corrected chi connectivity index (χ2v) is 47.3. The third kappa shape index (κ3) is 28.6. The maximum absolute atomic E-state index is 14.6. The molecule has 10 aromatic rings. The monoisotopic (exact) mass is 1910 g/mol. The lowest BCUT2D eigenvalue weighted by Gasteiger charge is -2.23. The summed E-state index contributed by atoms with van der Waals surface area (Å²) in [6, 6.07) is 15.5. The minimum Gasteiger partial charge on any atom is -0.480 e. The topological polar surface area (TPSA) is 318 Å². The third-order valence-electron chi connectivity index (χ3n) is 16.0. The number of carbonyl (C=O) groups is 7. The maximum Gasteiger partial charge on any atom is 0.328 e. The van der Waals surface area contributed by atoms with Gasteiger partial charge in [-0.25, -0.2) is 39.3 Å². The Balaban J connectivity index is 0.000000223. The van der Waals surface area contributed by atoms with E-state index in [0.29, 0.717) is 80.1 Å². The number of hydrogen-bond donors (Lipinski definition) is 2. The summed E-state index contributed by atoms with van der Waals surface area (Å²) in [7, 11) is 28.2. The van der Waals surface area contributed by atoms with Crippen molar-refractivity contribution in [1.29, 1.82) is 0 Å². The molecular formula is C71H80BrFN18O9S15. The standard InChI is InChI=1S/C29H30BrFN8O3.C23H29N5O3.C19H21N5O3.S8.S7/c1-16(40)28-22-10-21(19-11-32-17(2)33-12-19)18(13-37(3)4)8-23(22)39(36-28)15-27(41)38-14-20(31)9-24(38)29(42)35-26-7-5-6-25(30)34-26;1-14(29)22-19-9-18(17-10-24-15(2)25-11-17)16(12-27(6)7)8-20(19)28(26-22)13-21(30)31-23(3,4)5;1-11(25)19-16-6-15(14-7-20-12(2)21-8-14)13(9-23(3)4)5-17(16)24(22-19)10-18(26)27;1-3-5-7-8-6-4-2;1-3-5-7-6-4-2/h5-8,10-12,20,24H,9,13-15H2,1-4H3,(H,34,35,42);8-11H,12-13H2,1-7H3;5-8H,9-10H2,1-4H3,(H,26,27);;/t20-,24+;;;;/m1..../s1. The number of alkyl halides is 1. The normalized spacial score (nSPS) is 12.8. The molecule has 612 valence electrons. The van der Waals surface area contributed by atoms with Crippen molar-refractivity contribution in [3.8, 4) is 33.4 Å². The fourth-order valence-corrected chi connectivity index (χ4v) is 31.2. The zero-order chi connectivity index (χ0) is 84.5. The van der Waals surface area contributed by atoms with Gasteiger partial charge in [-0.2, -0.15) is 15.3 Å². The van der Waals surface area contributed by atoms with Crippen molar-refractivity contribution in [1.82, 2.24) is 83.8 Å². The Morgan fingerprint density at radius 3 is 1.22 bits per heavy atom. The summed E-state index contributed by atoms with van der Waals surface area (Å²) >= 11 is 21.6. The molecule has 0 radical (unpaired) electrons. The van der Waals surface area contributed by atoms with Crippen LogP contribution in [0.1, 0.15) is 114 Å². The summed E-state index contributed by atoms with van der Waals surface area (Å²) in [5.41, 5.74) is 10.2. The van der Waals surface area contributed by atoms with Crippen LogP contribution in [0.15, 0.2) is 96.4 Å². The Morgan fingerprint density at radius 1 is 0.548 bits per heavy atom. The number of halogens is 2. The Bertz CT molecular complexity index is 5800. The molecule has 2 amide bonds. The molecule has 115 heavy (non-hydrogen) atoms. The van der Waals surface area contributed by atoms with Gasteiger partial charge in [0.25, 0.3) is 0 Å². The molecule has 3 aromatic carbocycles. The van der Waals surface area contributed by atoms with Gasteiger partial charge in [-0.3, -0.25) is 47.6 Å². The molecule has 1 aliphatic rings. The van der Waals surface area contributed by atoms with Crippen LogP contribution in [-0.2, 0) is 206 Å². The molecule has 1 fully saturated rings. The van der Waals surface area contributed by atoms with Crippen molar-refractivity contribution in [3.63, 3.8) is 0 Å². The molecule has 0 spiro atoms. The number of likely N-dealkylation sites (tertiary alicyclic amines) is 1. The van der Waals surface area contributed by atoms with E-state index in [9.17, 15) is 43.1 Å². The molecule has 0 saturated carbocycles. The molecule has 0 aliphatic carbocycles. The van der Waals surface area contributed by atoms with Crippen LogP contribution in [0.25, 0.3) is 66.1 Å². The first-order valence-electron chi connectivity index (χ1n) is 34.1. The fraction of sp³-hybridized carbons (Fsp3) is 0.366. The van der Waals surface area contributed by atoms with Crippen molar-refractivity contribution >= 4 is 238 Å². The van der Waals surface area contributed by atoms with Crippen LogP contribution in [0, 0.1) is 20.8 Å². The van der Waals surface area contributed by atoms with E-state index in [0.717, 1.165) is 50.1 Å². The van der Waals surface area contributed by atoms with Crippen LogP contribution < -0.4 is 5.32 Å². The van der Waals surface area contributed by atoms with Gasteiger partial charge < -0.3 is 34.8 Å². The highest BCUT2D eigenvalue weighted by Gasteiger charge is 2.40. The highest BCUT2D eigenvalue weighted by molar-refractivity contribution is 9.10. The van der Waals surface area contributed by atoms with E-state index in [1.165, 1.54) is 70.6 Å². The van der Waals surface area contributed by atoms with Gasteiger partial charge in [0.15, 0.2) is 17.3 Å². The number of aromatic nitrogens is 13. The predicted octanol–water partition coefficient (Wildman–Crippen LogP) is 9.32. The Labute approximate surface area is 723 Å². The largest absolute Gasteiger partial charge is 0.480 e. The number of esters is 1. The summed E-state index contributed by atoms with van der Waals surface area (Å²) in [6.45, 7) is 16.2. The summed E-state index contributed by atoms with van der Waals surface area (Å²) in [5, 5.41) is 26.9.